The molecule has 0 spiro atoms. The van der Waals surface area contributed by atoms with Crippen molar-refractivity contribution in [1.29, 1.82) is 0 Å². The van der Waals surface area contributed by atoms with E-state index in [2.05, 4.69) is 20.3 Å². The van der Waals surface area contributed by atoms with Crippen molar-refractivity contribution >= 4 is 55.0 Å². The first-order chi connectivity index (χ1) is 16.3. The molecule has 0 aliphatic carbocycles. The topological polar surface area (TPSA) is 118 Å². The molecule has 3 aromatic heterocycles. The normalized spacial score (nSPS) is 16.5. The number of hydrogen-bond donors (Lipinski definition) is 1. The molecule has 1 fully saturated rings. The summed E-state index contributed by atoms with van der Waals surface area (Å²) in [6.45, 7) is 2.17. The second kappa shape index (κ2) is 8.77. The van der Waals surface area contributed by atoms with E-state index in [0.717, 1.165) is 5.39 Å². The molecule has 1 amide bonds. The van der Waals surface area contributed by atoms with E-state index in [4.69, 9.17) is 16.6 Å². The van der Waals surface area contributed by atoms with Gasteiger partial charge in [0.15, 0.2) is 15.7 Å². The maximum atomic E-state index is 13.4. The minimum absolute atomic E-state index is 0.0597. The van der Waals surface area contributed by atoms with Crippen molar-refractivity contribution in [3.8, 4) is 0 Å². The number of carbonyl (C=O) groups is 1. The number of fused-ring (bicyclic) bond motifs is 2. The molecule has 4 aromatic rings. The Morgan fingerprint density at radius 3 is 2.71 bits per heavy atom. The minimum atomic E-state index is -3.12. The Labute approximate surface area is 201 Å². The van der Waals surface area contributed by atoms with Crippen molar-refractivity contribution in [2.75, 3.05) is 29.9 Å². The van der Waals surface area contributed by atoms with Crippen molar-refractivity contribution in [1.82, 2.24) is 24.8 Å². The molecule has 9 nitrogen and oxygen atoms in total. The zero-order chi connectivity index (χ0) is 23.9. The number of amides is 1. The van der Waals surface area contributed by atoms with Crippen LogP contribution in [0.25, 0.3) is 21.8 Å². The van der Waals surface area contributed by atoms with Crippen LogP contribution >= 0.6 is 11.6 Å². The minimum Gasteiger partial charge on any atom is -0.360 e. The number of sulfone groups is 1. The highest BCUT2D eigenvalue weighted by Gasteiger charge is 2.29. The number of hydrogen-bond acceptors (Lipinski definition) is 8. The SMILES string of the molecule is CC(Nc1ncnc2cccnc12)c1cc2cccc(Cl)c2c(C(=O)N2CCS(=O)(=O)CC2)n1. The lowest BCUT2D eigenvalue weighted by molar-refractivity contribution is 0.0766. The number of halogens is 1. The summed E-state index contributed by atoms with van der Waals surface area (Å²) in [7, 11) is -3.12. The summed E-state index contributed by atoms with van der Waals surface area (Å²) in [5, 5.41) is 5.05. The average molecular weight is 497 g/mol. The maximum absolute atomic E-state index is 13.4. The largest absolute Gasteiger partial charge is 0.360 e. The second-order valence-electron chi connectivity index (χ2n) is 8.14. The highest BCUT2D eigenvalue weighted by molar-refractivity contribution is 7.91. The monoisotopic (exact) mass is 496 g/mol. The molecule has 0 saturated carbocycles. The van der Waals surface area contributed by atoms with Gasteiger partial charge in [0.05, 0.1) is 33.8 Å². The van der Waals surface area contributed by atoms with Crippen LogP contribution in [-0.2, 0) is 9.84 Å². The number of nitrogens with zero attached hydrogens (tertiary/aromatic N) is 5. The summed E-state index contributed by atoms with van der Waals surface area (Å²) < 4.78 is 23.7. The van der Waals surface area contributed by atoms with E-state index < -0.39 is 9.84 Å². The molecule has 1 unspecified atom stereocenters. The van der Waals surface area contributed by atoms with Crippen molar-refractivity contribution in [2.45, 2.75) is 13.0 Å². The molecule has 0 bridgehead atoms. The Hall–Kier alpha value is -3.37. The predicted molar refractivity (Wildman–Crippen MR) is 131 cm³/mol. The van der Waals surface area contributed by atoms with Gasteiger partial charge in [-0.1, -0.05) is 23.7 Å². The van der Waals surface area contributed by atoms with Gasteiger partial charge in [-0.2, -0.15) is 0 Å². The Morgan fingerprint density at radius 2 is 1.91 bits per heavy atom. The van der Waals surface area contributed by atoms with Gasteiger partial charge in [-0.05, 0) is 36.6 Å². The molecular weight excluding hydrogens is 476 g/mol. The Morgan fingerprint density at radius 1 is 1.12 bits per heavy atom. The van der Waals surface area contributed by atoms with Crippen LogP contribution in [0.4, 0.5) is 5.82 Å². The third kappa shape index (κ3) is 4.26. The number of anilines is 1. The summed E-state index contributed by atoms with van der Waals surface area (Å²) in [6, 6.07) is 10.6. The van der Waals surface area contributed by atoms with Crippen LogP contribution in [-0.4, -0.2) is 63.8 Å². The number of nitrogens with one attached hydrogen (secondary N) is 1. The Bertz CT molecular complexity index is 1510. The summed E-state index contributed by atoms with van der Waals surface area (Å²) >= 11 is 6.47. The van der Waals surface area contributed by atoms with Crippen LogP contribution in [0.15, 0.2) is 48.9 Å². The van der Waals surface area contributed by atoms with Gasteiger partial charge in [0.25, 0.3) is 5.91 Å². The molecule has 1 aromatic carbocycles. The maximum Gasteiger partial charge on any atom is 0.273 e. The van der Waals surface area contributed by atoms with Crippen molar-refractivity contribution in [3.63, 3.8) is 0 Å². The van der Waals surface area contributed by atoms with Gasteiger partial charge in [0.1, 0.15) is 17.5 Å². The first-order valence-corrected chi connectivity index (χ1v) is 12.9. The Kier molecular flexibility index (Phi) is 5.78. The fraction of sp³-hybridized carbons (Fsp3) is 0.261. The van der Waals surface area contributed by atoms with E-state index in [1.165, 1.54) is 11.2 Å². The van der Waals surface area contributed by atoms with Crippen LogP contribution < -0.4 is 5.32 Å². The van der Waals surface area contributed by atoms with Gasteiger partial charge < -0.3 is 10.2 Å². The fourth-order valence-corrected chi connectivity index (χ4v) is 5.48. The molecule has 1 aliphatic heterocycles. The van der Waals surface area contributed by atoms with Gasteiger partial charge >= 0.3 is 0 Å². The lowest BCUT2D eigenvalue weighted by Gasteiger charge is -2.27. The Balaban J connectivity index is 1.54. The second-order valence-corrected chi connectivity index (χ2v) is 10.8. The number of pyridine rings is 2. The third-order valence-corrected chi connectivity index (χ3v) is 7.78. The van der Waals surface area contributed by atoms with E-state index in [0.29, 0.717) is 33.0 Å². The standard InChI is InChI=1S/C23H21ClN6O3S/c1-14(28-22-20-17(26-13-27-22)6-3-7-25-20)18-12-15-4-2-5-16(24)19(15)21(29-18)23(31)30-8-10-34(32,33)11-9-30/h2-7,12-14H,8-11H2,1H3,(H,26,27,28). The molecule has 1 saturated heterocycles. The zero-order valence-corrected chi connectivity index (χ0v) is 19.8. The molecule has 174 valence electrons. The van der Waals surface area contributed by atoms with Crippen molar-refractivity contribution in [3.05, 3.63) is 65.3 Å². The molecule has 1 atom stereocenters. The van der Waals surface area contributed by atoms with Gasteiger partial charge in [0.2, 0.25) is 0 Å². The third-order valence-electron chi connectivity index (χ3n) is 5.85. The van der Waals surface area contributed by atoms with Crippen LogP contribution in [0.1, 0.15) is 29.1 Å². The molecule has 4 heterocycles. The summed E-state index contributed by atoms with van der Waals surface area (Å²) in [6.07, 6.45) is 3.14. The lowest BCUT2D eigenvalue weighted by atomic mass is 10.0. The van der Waals surface area contributed by atoms with Crippen molar-refractivity contribution in [2.24, 2.45) is 0 Å². The van der Waals surface area contributed by atoms with E-state index in [1.807, 2.05) is 31.2 Å². The first-order valence-electron chi connectivity index (χ1n) is 10.7. The molecule has 11 heteroatoms. The van der Waals surface area contributed by atoms with Gasteiger partial charge in [0, 0.05) is 24.7 Å². The van der Waals surface area contributed by atoms with Crippen molar-refractivity contribution < 1.29 is 13.2 Å². The van der Waals surface area contributed by atoms with Crippen LogP contribution in [0.5, 0.6) is 0 Å². The number of carbonyl (C=O) groups excluding carboxylic acids is 1. The average Bonchev–Trinajstić information content (AvgIpc) is 2.83. The summed E-state index contributed by atoms with van der Waals surface area (Å²) in [5.74, 6) is 0.0995. The number of aromatic nitrogens is 4. The van der Waals surface area contributed by atoms with E-state index >= 15 is 0 Å². The smallest absolute Gasteiger partial charge is 0.273 e. The molecule has 5 rings (SSSR count). The van der Waals surface area contributed by atoms with E-state index in [-0.39, 0.29) is 42.2 Å². The van der Waals surface area contributed by atoms with E-state index in [1.54, 1.807) is 18.3 Å². The number of benzene rings is 1. The number of rotatable bonds is 4. The molecule has 1 N–H and O–H groups in total. The molecule has 34 heavy (non-hydrogen) atoms. The fourth-order valence-electron chi connectivity index (χ4n) is 4.01. The summed E-state index contributed by atoms with van der Waals surface area (Å²) in [4.78, 5) is 32.6. The summed E-state index contributed by atoms with van der Waals surface area (Å²) in [5.41, 5.74) is 2.16. The zero-order valence-electron chi connectivity index (χ0n) is 18.3. The highest BCUT2D eigenvalue weighted by atomic mass is 35.5. The van der Waals surface area contributed by atoms with Gasteiger partial charge in [-0.3, -0.25) is 9.78 Å². The van der Waals surface area contributed by atoms with Gasteiger partial charge in [-0.25, -0.2) is 23.4 Å². The van der Waals surface area contributed by atoms with E-state index in [9.17, 15) is 13.2 Å². The lowest BCUT2D eigenvalue weighted by Crippen LogP contribution is -2.44. The first kappa shape index (κ1) is 22.4. The van der Waals surface area contributed by atoms with Crippen LogP contribution in [0, 0.1) is 0 Å². The predicted octanol–water partition coefficient (Wildman–Crippen LogP) is 3.27. The van der Waals surface area contributed by atoms with Gasteiger partial charge in [-0.15, -0.1) is 0 Å². The molecule has 1 aliphatic rings. The molecule has 0 radical (unpaired) electrons. The quantitative estimate of drug-likeness (QED) is 0.457. The molecular formula is C23H21ClN6O3S. The van der Waals surface area contributed by atoms with Crippen LogP contribution in [0.3, 0.4) is 0 Å². The van der Waals surface area contributed by atoms with Crippen LogP contribution in [0.2, 0.25) is 5.02 Å². The highest BCUT2D eigenvalue weighted by Crippen LogP contribution is 2.30.